The molecule has 2 rings (SSSR count). The number of ether oxygens (including phenoxy) is 1. The minimum Gasteiger partial charge on any atom is -0.462 e. The number of alkyl halides is 3. The van der Waals surface area contributed by atoms with Gasteiger partial charge in [0.25, 0.3) is 5.56 Å². The topological polar surface area (TPSA) is 90.3 Å². The number of aryl methyl sites for hydroxylation is 1. The summed E-state index contributed by atoms with van der Waals surface area (Å²) in [7, 11) is 0. The summed E-state index contributed by atoms with van der Waals surface area (Å²) in [6, 6.07) is 1.68. The van der Waals surface area contributed by atoms with Crippen LogP contribution in [-0.4, -0.2) is 28.0 Å². The number of rotatable bonds is 5. The van der Waals surface area contributed by atoms with E-state index in [4.69, 9.17) is 4.74 Å². The van der Waals surface area contributed by atoms with Gasteiger partial charge >= 0.3 is 12.1 Å². The van der Waals surface area contributed by atoms with Crippen LogP contribution in [0.2, 0.25) is 0 Å². The maximum absolute atomic E-state index is 12.7. The molecule has 1 N–H and O–H groups in total. The Hall–Kier alpha value is -2.69. The summed E-state index contributed by atoms with van der Waals surface area (Å²) in [4.78, 5) is 39.7. The van der Waals surface area contributed by atoms with Gasteiger partial charge in [0.05, 0.1) is 12.3 Å². The number of aromatic nitrogens is 2. The molecule has 0 aliphatic heterocycles. The minimum atomic E-state index is -4.81. The van der Waals surface area contributed by atoms with Gasteiger partial charge in [0.15, 0.2) is 5.13 Å². The number of thiazole rings is 1. The van der Waals surface area contributed by atoms with Crippen molar-refractivity contribution in [2.45, 2.75) is 26.6 Å². The Morgan fingerprint density at radius 3 is 2.69 bits per heavy atom. The van der Waals surface area contributed by atoms with Crippen LogP contribution in [0.25, 0.3) is 0 Å². The number of pyridine rings is 1. The maximum Gasteiger partial charge on any atom is 0.421 e. The van der Waals surface area contributed by atoms with Gasteiger partial charge in [-0.3, -0.25) is 9.59 Å². The largest absolute Gasteiger partial charge is 0.462 e. The van der Waals surface area contributed by atoms with E-state index in [9.17, 15) is 27.6 Å². The van der Waals surface area contributed by atoms with Crippen molar-refractivity contribution in [3.8, 4) is 0 Å². The quantitative estimate of drug-likeness (QED) is 0.794. The lowest BCUT2D eigenvalue weighted by Gasteiger charge is -2.09. The number of hydrogen-bond acceptors (Lipinski definition) is 6. The summed E-state index contributed by atoms with van der Waals surface area (Å²) in [6.45, 7) is 2.74. The van der Waals surface area contributed by atoms with E-state index in [2.05, 4.69) is 10.3 Å². The summed E-state index contributed by atoms with van der Waals surface area (Å²) in [5.41, 5.74) is -2.33. The van der Waals surface area contributed by atoms with Gasteiger partial charge in [-0.25, -0.2) is 9.78 Å². The number of amides is 1. The average molecular weight is 389 g/mol. The molecule has 11 heteroatoms. The highest BCUT2D eigenvalue weighted by molar-refractivity contribution is 7.17. The molecule has 0 bridgehead atoms. The van der Waals surface area contributed by atoms with Gasteiger partial charge < -0.3 is 14.6 Å². The second-order valence-corrected chi connectivity index (χ2v) is 6.05. The zero-order valence-corrected chi connectivity index (χ0v) is 14.5. The first-order valence-corrected chi connectivity index (χ1v) is 8.16. The molecule has 26 heavy (non-hydrogen) atoms. The lowest BCUT2D eigenvalue weighted by Crippen LogP contribution is -2.31. The number of esters is 1. The van der Waals surface area contributed by atoms with Gasteiger partial charge in [0.2, 0.25) is 5.91 Å². The molecule has 7 nitrogen and oxygen atoms in total. The smallest absolute Gasteiger partial charge is 0.421 e. The Morgan fingerprint density at radius 2 is 2.08 bits per heavy atom. The third-order valence-corrected chi connectivity index (χ3v) is 4.20. The number of carbonyl (C=O) groups excluding carboxylic acids is 2. The second kappa shape index (κ2) is 7.68. The van der Waals surface area contributed by atoms with Gasteiger partial charge in [0.1, 0.15) is 17.0 Å². The highest BCUT2D eigenvalue weighted by atomic mass is 32.1. The van der Waals surface area contributed by atoms with Crippen molar-refractivity contribution in [1.82, 2.24) is 9.55 Å². The van der Waals surface area contributed by atoms with Crippen LogP contribution in [-0.2, 0) is 22.3 Å². The molecule has 140 valence electrons. The monoisotopic (exact) mass is 389 g/mol. The summed E-state index contributed by atoms with van der Waals surface area (Å²) >= 11 is 0.873. The zero-order chi connectivity index (χ0) is 19.5. The standard InChI is InChI=1S/C15H14F3N3O4S/c1-3-25-13(24)11-8(2)19-14(26-11)20-10(22)7-21-6-4-5-9(12(21)23)15(16,17)18/h4-6H,3,7H2,1-2H3,(H,19,20,22). The highest BCUT2D eigenvalue weighted by Gasteiger charge is 2.34. The first kappa shape index (κ1) is 19.6. The molecule has 0 atom stereocenters. The molecule has 0 aromatic carbocycles. The number of nitrogens with one attached hydrogen (secondary N) is 1. The SMILES string of the molecule is CCOC(=O)c1sc(NC(=O)Cn2cccc(C(F)(F)F)c2=O)nc1C. The summed E-state index contributed by atoms with van der Waals surface area (Å²) in [5, 5.41) is 2.43. The molecule has 0 unspecified atom stereocenters. The van der Waals surface area contributed by atoms with E-state index in [1.165, 1.54) is 0 Å². The van der Waals surface area contributed by atoms with Crippen LogP contribution < -0.4 is 10.9 Å². The fraction of sp³-hybridized carbons (Fsp3) is 0.333. The summed E-state index contributed by atoms with van der Waals surface area (Å²) < 4.78 is 43.7. The fourth-order valence-corrected chi connectivity index (χ4v) is 2.90. The molecule has 0 saturated carbocycles. The Kier molecular flexibility index (Phi) is 5.80. The van der Waals surface area contributed by atoms with Crippen LogP contribution in [0.4, 0.5) is 18.3 Å². The molecular weight excluding hydrogens is 375 g/mol. The van der Waals surface area contributed by atoms with Crippen LogP contribution >= 0.6 is 11.3 Å². The fourth-order valence-electron chi connectivity index (χ4n) is 2.03. The zero-order valence-electron chi connectivity index (χ0n) is 13.7. The van der Waals surface area contributed by atoms with Crippen molar-refractivity contribution in [2.24, 2.45) is 0 Å². The van der Waals surface area contributed by atoms with Gasteiger partial charge in [-0.1, -0.05) is 11.3 Å². The number of anilines is 1. The first-order valence-electron chi connectivity index (χ1n) is 7.34. The van der Waals surface area contributed by atoms with E-state index >= 15 is 0 Å². The van der Waals surface area contributed by atoms with E-state index in [0.717, 1.165) is 23.6 Å². The van der Waals surface area contributed by atoms with Gasteiger partial charge in [0, 0.05) is 6.20 Å². The van der Waals surface area contributed by atoms with Crippen LogP contribution in [0, 0.1) is 6.92 Å². The van der Waals surface area contributed by atoms with Crippen LogP contribution in [0.1, 0.15) is 27.9 Å². The van der Waals surface area contributed by atoms with Gasteiger partial charge in [-0.15, -0.1) is 0 Å². The summed E-state index contributed by atoms with van der Waals surface area (Å²) in [6.07, 6.45) is -3.73. The van der Waals surface area contributed by atoms with Gasteiger partial charge in [-0.2, -0.15) is 13.2 Å². The molecule has 1 amide bonds. The van der Waals surface area contributed by atoms with Crippen LogP contribution in [0.15, 0.2) is 23.1 Å². The molecule has 0 spiro atoms. The van der Waals surface area contributed by atoms with E-state index in [-0.39, 0.29) is 16.6 Å². The lowest BCUT2D eigenvalue weighted by molar-refractivity contribution is -0.139. The van der Waals surface area contributed by atoms with Crippen molar-refractivity contribution in [3.05, 3.63) is 44.8 Å². The normalized spacial score (nSPS) is 11.3. The first-order chi connectivity index (χ1) is 12.1. The third-order valence-electron chi connectivity index (χ3n) is 3.14. The van der Waals surface area contributed by atoms with Crippen LogP contribution in [0.5, 0.6) is 0 Å². The second-order valence-electron chi connectivity index (χ2n) is 5.05. The van der Waals surface area contributed by atoms with Crippen molar-refractivity contribution < 1.29 is 27.5 Å². The highest BCUT2D eigenvalue weighted by Crippen LogP contribution is 2.26. The number of halogens is 3. The van der Waals surface area contributed by atoms with E-state index < -0.39 is 35.7 Å². The Bertz CT molecular complexity index is 889. The third kappa shape index (κ3) is 4.48. The molecule has 0 fully saturated rings. The number of carbonyl (C=O) groups is 2. The predicted octanol–water partition coefficient (Wildman–Crippen LogP) is 2.45. The van der Waals surface area contributed by atoms with E-state index in [0.29, 0.717) is 16.3 Å². The Morgan fingerprint density at radius 1 is 1.38 bits per heavy atom. The molecule has 0 saturated heterocycles. The molecule has 0 radical (unpaired) electrons. The lowest BCUT2D eigenvalue weighted by atomic mass is 10.2. The molecular formula is C15H14F3N3O4S. The summed E-state index contributed by atoms with van der Waals surface area (Å²) in [5.74, 6) is -1.34. The molecule has 2 heterocycles. The van der Waals surface area contributed by atoms with Crippen molar-refractivity contribution in [2.75, 3.05) is 11.9 Å². The Labute approximate surface area is 149 Å². The molecule has 2 aromatic rings. The van der Waals surface area contributed by atoms with Crippen LogP contribution in [0.3, 0.4) is 0 Å². The average Bonchev–Trinajstić information content (AvgIpc) is 2.89. The van der Waals surface area contributed by atoms with E-state index in [1.807, 2.05) is 0 Å². The number of nitrogens with zero attached hydrogens (tertiary/aromatic N) is 2. The molecule has 0 aliphatic carbocycles. The molecule has 2 aromatic heterocycles. The molecule has 0 aliphatic rings. The number of hydrogen-bond donors (Lipinski definition) is 1. The van der Waals surface area contributed by atoms with Crippen molar-refractivity contribution >= 4 is 28.3 Å². The predicted molar refractivity (Wildman–Crippen MR) is 87.1 cm³/mol. The Balaban J connectivity index is 2.14. The minimum absolute atomic E-state index is 0.0792. The van der Waals surface area contributed by atoms with Crippen molar-refractivity contribution in [1.29, 1.82) is 0 Å². The van der Waals surface area contributed by atoms with E-state index in [1.54, 1.807) is 13.8 Å². The van der Waals surface area contributed by atoms with Crippen molar-refractivity contribution in [3.63, 3.8) is 0 Å². The van der Waals surface area contributed by atoms with Gasteiger partial charge in [-0.05, 0) is 26.0 Å². The maximum atomic E-state index is 12.7.